The van der Waals surface area contributed by atoms with Gasteiger partial charge < -0.3 is 4.52 Å². The van der Waals surface area contributed by atoms with E-state index in [0.717, 1.165) is 12.8 Å². The minimum absolute atomic E-state index is 0.206. The second-order valence-electron chi connectivity index (χ2n) is 4.44. The molecule has 1 aromatic heterocycles. The van der Waals surface area contributed by atoms with Gasteiger partial charge >= 0.3 is 0 Å². The van der Waals surface area contributed by atoms with Gasteiger partial charge in [0.2, 0.25) is 10.0 Å². The zero-order chi connectivity index (χ0) is 13.2. The Labute approximate surface area is 106 Å². The first-order valence-corrected chi connectivity index (χ1v) is 7.45. The highest BCUT2D eigenvalue weighted by Crippen LogP contribution is 2.22. The minimum atomic E-state index is -3.50. The normalized spacial score (nSPS) is 21.7. The number of aryl methyl sites for hydroxylation is 1. The van der Waals surface area contributed by atoms with Crippen molar-refractivity contribution in [1.82, 2.24) is 9.46 Å². The van der Waals surface area contributed by atoms with Gasteiger partial charge in [0, 0.05) is 12.6 Å². The summed E-state index contributed by atoms with van der Waals surface area (Å²) < 4.78 is 30.6. The van der Waals surface area contributed by atoms with Crippen LogP contribution >= 0.6 is 0 Å². The average Bonchev–Trinajstić information content (AvgIpc) is 2.74. The molecule has 0 N–H and O–H groups in total. The van der Waals surface area contributed by atoms with Crippen molar-refractivity contribution in [2.75, 3.05) is 6.54 Å². The Hall–Kier alpha value is -1.39. The van der Waals surface area contributed by atoms with Gasteiger partial charge in [0.05, 0.1) is 6.07 Å². The number of hydrogen-bond donors (Lipinski definition) is 0. The second kappa shape index (κ2) is 5.08. The molecule has 1 atom stereocenters. The highest BCUT2D eigenvalue weighted by molar-refractivity contribution is 7.88. The summed E-state index contributed by atoms with van der Waals surface area (Å²) in [5.41, 5.74) is 0.384. The summed E-state index contributed by atoms with van der Waals surface area (Å²) in [4.78, 5) is 0. The predicted octanol–water partition coefficient (Wildman–Crippen LogP) is 1.19. The maximum Gasteiger partial charge on any atom is 0.221 e. The Kier molecular flexibility index (Phi) is 3.68. The van der Waals surface area contributed by atoms with Gasteiger partial charge in [-0.1, -0.05) is 5.16 Å². The first kappa shape index (κ1) is 13.1. The van der Waals surface area contributed by atoms with Crippen molar-refractivity contribution in [2.24, 2.45) is 0 Å². The van der Waals surface area contributed by atoms with Crippen LogP contribution in [-0.2, 0) is 15.8 Å². The van der Waals surface area contributed by atoms with Gasteiger partial charge in [-0.3, -0.25) is 0 Å². The van der Waals surface area contributed by atoms with Crippen LogP contribution in [0.1, 0.15) is 30.7 Å². The van der Waals surface area contributed by atoms with Gasteiger partial charge in [-0.05, 0) is 26.2 Å². The van der Waals surface area contributed by atoms with Crippen molar-refractivity contribution in [1.29, 1.82) is 5.26 Å². The van der Waals surface area contributed by atoms with Crippen molar-refractivity contribution in [3.63, 3.8) is 0 Å². The number of rotatable bonds is 3. The van der Waals surface area contributed by atoms with E-state index in [1.54, 1.807) is 13.0 Å². The molecule has 0 aliphatic carbocycles. The maximum atomic E-state index is 12.2. The van der Waals surface area contributed by atoms with Crippen LogP contribution in [0.15, 0.2) is 10.6 Å². The fourth-order valence-electron chi connectivity index (χ4n) is 2.12. The molecule has 18 heavy (non-hydrogen) atoms. The van der Waals surface area contributed by atoms with E-state index >= 15 is 0 Å². The molecule has 0 amide bonds. The second-order valence-corrected chi connectivity index (χ2v) is 6.36. The largest absolute Gasteiger partial charge is 0.361 e. The molecule has 0 radical (unpaired) electrons. The summed E-state index contributed by atoms with van der Waals surface area (Å²) in [5, 5.41) is 12.7. The van der Waals surface area contributed by atoms with Crippen LogP contribution in [0.3, 0.4) is 0 Å². The third-order valence-corrected chi connectivity index (χ3v) is 4.78. The lowest BCUT2D eigenvalue weighted by Gasteiger charge is -2.29. The average molecular weight is 269 g/mol. The van der Waals surface area contributed by atoms with Gasteiger partial charge in [-0.25, -0.2) is 8.42 Å². The quantitative estimate of drug-likeness (QED) is 0.822. The smallest absolute Gasteiger partial charge is 0.221 e. The van der Waals surface area contributed by atoms with E-state index in [1.165, 1.54) is 4.31 Å². The molecule has 0 bridgehead atoms. The Balaban J connectivity index is 2.17. The van der Waals surface area contributed by atoms with Crippen molar-refractivity contribution >= 4 is 10.0 Å². The lowest BCUT2D eigenvalue weighted by atomic mass is 10.1. The van der Waals surface area contributed by atoms with Crippen LogP contribution in [0.4, 0.5) is 0 Å². The first-order chi connectivity index (χ1) is 8.53. The standard InChI is InChI=1S/C11H15N3O3S/c1-9-6-10(13-17-9)8-18(15,16)14-5-3-2-4-11(14)7-12/h6,11H,2-5,8H2,1H3. The Morgan fingerprint density at radius 3 is 3.00 bits per heavy atom. The SMILES string of the molecule is Cc1cc(CS(=O)(=O)N2CCCCC2C#N)no1. The molecule has 1 saturated heterocycles. The fraction of sp³-hybridized carbons (Fsp3) is 0.636. The van der Waals surface area contributed by atoms with Crippen molar-refractivity contribution in [2.45, 2.75) is 38.0 Å². The van der Waals surface area contributed by atoms with E-state index in [-0.39, 0.29) is 5.75 Å². The molecular weight excluding hydrogens is 254 g/mol. The monoisotopic (exact) mass is 269 g/mol. The number of sulfonamides is 1. The summed E-state index contributed by atoms with van der Waals surface area (Å²) in [5.74, 6) is 0.373. The molecule has 7 heteroatoms. The topological polar surface area (TPSA) is 87.2 Å². The van der Waals surface area contributed by atoms with Gasteiger partial charge in [0.1, 0.15) is 23.2 Å². The molecule has 98 valence electrons. The molecule has 1 aromatic rings. The van der Waals surface area contributed by atoms with Crippen LogP contribution in [0, 0.1) is 18.3 Å². The first-order valence-electron chi connectivity index (χ1n) is 5.84. The number of nitrogens with zero attached hydrogens (tertiary/aromatic N) is 3. The molecule has 0 saturated carbocycles. The zero-order valence-corrected chi connectivity index (χ0v) is 11.0. The summed E-state index contributed by atoms with van der Waals surface area (Å²) in [6.45, 7) is 2.12. The van der Waals surface area contributed by atoms with Gasteiger partial charge in [0.15, 0.2) is 0 Å². The van der Waals surface area contributed by atoms with E-state index in [2.05, 4.69) is 11.2 Å². The Bertz CT molecular complexity index is 558. The van der Waals surface area contributed by atoms with Crippen LogP contribution in [0.5, 0.6) is 0 Å². The molecule has 1 unspecified atom stereocenters. The van der Waals surface area contributed by atoms with Crippen LogP contribution in [0.25, 0.3) is 0 Å². The highest BCUT2D eigenvalue weighted by Gasteiger charge is 2.32. The molecule has 2 rings (SSSR count). The third-order valence-electron chi connectivity index (χ3n) is 2.97. The van der Waals surface area contributed by atoms with E-state index < -0.39 is 16.1 Å². The molecular formula is C11H15N3O3S. The van der Waals surface area contributed by atoms with Crippen LogP contribution < -0.4 is 0 Å². The van der Waals surface area contributed by atoms with Gasteiger partial charge in [0.25, 0.3) is 0 Å². The molecule has 0 aromatic carbocycles. The summed E-state index contributed by atoms with van der Waals surface area (Å²) in [7, 11) is -3.50. The summed E-state index contributed by atoms with van der Waals surface area (Å²) >= 11 is 0. The summed E-state index contributed by atoms with van der Waals surface area (Å²) in [6.07, 6.45) is 2.30. The Morgan fingerprint density at radius 2 is 2.39 bits per heavy atom. The molecule has 1 aliphatic heterocycles. The molecule has 1 aliphatic rings. The summed E-state index contributed by atoms with van der Waals surface area (Å²) in [6, 6.07) is 3.11. The molecule has 6 nitrogen and oxygen atoms in total. The third kappa shape index (κ3) is 2.71. The van der Waals surface area contributed by atoms with E-state index in [1.807, 2.05) is 0 Å². The number of hydrogen-bond acceptors (Lipinski definition) is 5. The van der Waals surface area contributed by atoms with Crippen LogP contribution in [-0.4, -0.2) is 30.5 Å². The fourth-order valence-corrected chi connectivity index (χ4v) is 3.75. The highest BCUT2D eigenvalue weighted by atomic mass is 32.2. The van der Waals surface area contributed by atoms with Crippen molar-refractivity contribution < 1.29 is 12.9 Å². The maximum absolute atomic E-state index is 12.2. The predicted molar refractivity (Wildman–Crippen MR) is 63.8 cm³/mol. The molecule has 1 fully saturated rings. The van der Waals surface area contributed by atoms with Gasteiger partial charge in [-0.15, -0.1) is 0 Å². The number of piperidine rings is 1. The van der Waals surface area contributed by atoms with Gasteiger partial charge in [-0.2, -0.15) is 9.57 Å². The van der Waals surface area contributed by atoms with E-state index in [4.69, 9.17) is 9.78 Å². The lowest BCUT2D eigenvalue weighted by Crippen LogP contribution is -2.43. The van der Waals surface area contributed by atoms with Crippen molar-refractivity contribution in [3.8, 4) is 6.07 Å². The number of nitriles is 1. The Morgan fingerprint density at radius 1 is 1.61 bits per heavy atom. The van der Waals surface area contributed by atoms with E-state index in [9.17, 15) is 8.42 Å². The minimum Gasteiger partial charge on any atom is -0.361 e. The van der Waals surface area contributed by atoms with Crippen molar-refractivity contribution in [3.05, 3.63) is 17.5 Å². The molecule has 0 spiro atoms. The lowest BCUT2D eigenvalue weighted by molar-refractivity contribution is 0.296. The number of aromatic nitrogens is 1. The molecule has 2 heterocycles. The van der Waals surface area contributed by atoms with Crippen LogP contribution in [0.2, 0.25) is 0 Å². The van der Waals surface area contributed by atoms with E-state index in [0.29, 0.717) is 24.4 Å². The zero-order valence-electron chi connectivity index (χ0n) is 10.2.